The Morgan fingerprint density at radius 1 is 0.464 bits per heavy atom. The number of esters is 4. The lowest BCUT2D eigenvalue weighted by atomic mass is 10.2. The molecule has 28 heavy (non-hydrogen) atoms. The van der Waals surface area contributed by atoms with Gasteiger partial charge in [-0.05, 0) is 25.7 Å². The summed E-state index contributed by atoms with van der Waals surface area (Å²) in [6.07, 6.45) is 7.22. The lowest BCUT2D eigenvalue weighted by molar-refractivity contribution is -0.169. The molecule has 0 radical (unpaired) electrons. The van der Waals surface area contributed by atoms with E-state index in [2.05, 4.69) is 0 Å². The van der Waals surface area contributed by atoms with Crippen molar-refractivity contribution in [1.82, 2.24) is 0 Å². The third kappa shape index (κ3) is 17.3. The number of carbonyl (C=O) groups excluding carboxylic acids is 4. The standard InChI is InChI=1S/C20H34O8/c1-3-5-7-11-17(21)25-15-27-19(23)13-9-10-14-20(24)28-16-26-18(22)12-8-6-4-2/h3-16H2,1-2H3. The summed E-state index contributed by atoms with van der Waals surface area (Å²) >= 11 is 0. The Morgan fingerprint density at radius 2 is 0.714 bits per heavy atom. The Hall–Kier alpha value is -2.12. The molecule has 0 aromatic rings. The minimum atomic E-state index is -0.490. The Balaban J connectivity index is 3.54. The second kappa shape index (κ2) is 18.3. The molecule has 0 aromatic carbocycles. The number of hydrogen-bond donors (Lipinski definition) is 0. The molecule has 0 saturated carbocycles. The summed E-state index contributed by atoms with van der Waals surface area (Å²) in [5.41, 5.74) is 0. The first-order valence-corrected chi connectivity index (χ1v) is 10.1. The lowest BCUT2D eigenvalue weighted by Gasteiger charge is -2.07. The second-order valence-corrected chi connectivity index (χ2v) is 6.42. The van der Waals surface area contributed by atoms with Crippen LogP contribution in [-0.4, -0.2) is 37.5 Å². The molecular formula is C20H34O8. The first-order chi connectivity index (χ1) is 13.5. The first-order valence-electron chi connectivity index (χ1n) is 10.1. The monoisotopic (exact) mass is 402 g/mol. The van der Waals surface area contributed by atoms with Crippen LogP contribution in [-0.2, 0) is 38.1 Å². The van der Waals surface area contributed by atoms with E-state index in [9.17, 15) is 19.2 Å². The molecule has 8 heteroatoms. The molecule has 0 rings (SSSR count). The molecule has 0 aliphatic carbocycles. The van der Waals surface area contributed by atoms with Gasteiger partial charge in [0, 0.05) is 25.7 Å². The van der Waals surface area contributed by atoms with Gasteiger partial charge in [-0.2, -0.15) is 0 Å². The van der Waals surface area contributed by atoms with Crippen LogP contribution in [0.2, 0.25) is 0 Å². The van der Waals surface area contributed by atoms with Crippen molar-refractivity contribution in [2.24, 2.45) is 0 Å². The predicted molar refractivity (Wildman–Crippen MR) is 101 cm³/mol. The van der Waals surface area contributed by atoms with Crippen molar-refractivity contribution < 1.29 is 38.1 Å². The molecule has 162 valence electrons. The summed E-state index contributed by atoms with van der Waals surface area (Å²) < 4.78 is 19.2. The predicted octanol–water partition coefficient (Wildman–Crippen LogP) is 3.80. The van der Waals surface area contributed by atoms with Gasteiger partial charge in [-0.1, -0.05) is 39.5 Å². The topological polar surface area (TPSA) is 105 Å². The molecule has 0 fully saturated rings. The normalized spacial score (nSPS) is 10.2. The van der Waals surface area contributed by atoms with E-state index in [4.69, 9.17) is 18.9 Å². The lowest BCUT2D eigenvalue weighted by Crippen LogP contribution is -2.13. The van der Waals surface area contributed by atoms with Gasteiger partial charge in [0.25, 0.3) is 0 Å². The second-order valence-electron chi connectivity index (χ2n) is 6.42. The summed E-state index contributed by atoms with van der Waals surface area (Å²) in [6.45, 7) is 3.32. The molecule has 0 heterocycles. The third-order valence-corrected chi connectivity index (χ3v) is 3.86. The number of carbonyl (C=O) groups is 4. The molecule has 8 nitrogen and oxygen atoms in total. The summed E-state index contributed by atoms with van der Waals surface area (Å²) in [5, 5.41) is 0. The maximum Gasteiger partial charge on any atom is 0.308 e. The van der Waals surface area contributed by atoms with Crippen LogP contribution < -0.4 is 0 Å². The molecular weight excluding hydrogens is 368 g/mol. The van der Waals surface area contributed by atoms with Crippen molar-refractivity contribution in [3.63, 3.8) is 0 Å². The highest BCUT2D eigenvalue weighted by Crippen LogP contribution is 2.05. The van der Waals surface area contributed by atoms with Crippen LogP contribution in [0.15, 0.2) is 0 Å². The Morgan fingerprint density at radius 3 is 0.964 bits per heavy atom. The van der Waals surface area contributed by atoms with Crippen LogP contribution in [0.25, 0.3) is 0 Å². The van der Waals surface area contributed by atoms with E-state index in [0.717, 1.165) is 38.5 Å². The van der Waals surface area contributed by atoms with E-state index in [0.29, 0.717) is 25.7 Å². The van der Waals surface area contributed by atoms with Crippen molar-refractivity contribution in [3.8, 4) is 0 Å². The van der Waals surface area contributed by atoms with Gasteiger partial charge in [0.15, 0.2) is 0 Å². The van der Waals surface area contributed by atoms with E-state index >= 15 is 0 Å². The number of unbranched alkanes of at least 4 members (excludes halogenated alkanes) is 5. The quantitative estimate of drug-likeness (QED) is 0.205. The van der Waals surface area contributed by atoms with Gasteiger partial charge < -0.3 is 18.9 Å². The molecule has 0 aliphatic heterocycles. The average Bonchev–Trinajstić information content (AvgIpc) is 2.65. The minimum Gasteiger partial charge on any atom is -0.428 e. The fraction of sp³-hybridized carbons (Fsp3) is 0.800. The van der Waals surface area contributed by atoms with Crippen molar-refractivity contribution in [2.45, 2.75) is 90.9 Å². The van der Waals surface area contributed by atoms with Gasteiger partial charge in [0.2, 0.25) is 13.6 Å². The average molecular weight is 402 g/mol. The highest BCUT2D eigenvalue weighted by Gasteiger charge is 2.09. The molecule has 0 aliphatic rings. The third-order valence-electron chi connectivity index (χ3n) is 3.86. The molecule has 0 N–H and O–H groups in total. The molecule has 0 spiro atoms. The Bertz CT molecular complexity index is 419. The molecule has 0 bridgehead atoms. The van der Waals surface area contributed by atoms with E-state index in [-0.39, 0.29) is 38.4 Å². The van der Waals surface area contributed by atoms with Crippen molar-refractivity contribution >= 4 is 23.9 Å². The molecule has 0 amide bonds. The summed E-state index contributed by atoms with van der Waals surface area (Å²) in [7, 11) is 0. The van der Waals surface area contributed by atoms with Crippen molar-refractivity contribution in [1.29, 1.82) is 0 Å². The molecule has 0 aromatic heterocycles. The van der Waals surface area contributed by atoms with Gasteiger partial charge in [-0.15, -0.1) is 0 Å². The fourth-order valence-corrected chi connectivity index (χ4v) is 2.19. The SMILES string of the molecule is CCCCCC(=O)OCOC(=O)CCCCC(=O)OCOC(=O)CCCCC. The van der Waals surface area contributed by atoms with Crippen LogP contribution in [0, 0.1) is 0 Å². The van der Waals surface area contributed by atoms with E-state index in [1.54, 1.807) is 0 Å². The summed E-state index contributed by atoms with van der Waals surface area (Å²) in [5.74, 6) is -1.74. The van der Waals surface area contributed by atoms with Gasteiger partial charge in [-0.25, -0.2) is 0 Å². The fourth-order valence-electron chi connectivity index (χ4n) is 2.19. The van der Waals surface area contributed by atoms with Crippen LogP contribution in [0.5, 0.6) is 0 Å². The van der Waals surface area contributed by atoms with Gasteiger partial charge in [-0.3, -0.25) is 19.2 Å². The van der Waals surface area contributed by atoms with E-state index < -0.39 is 11.9 Å². The van der Waals surface area contributed by atoms with Crippen LogP contribution in [0.3, 0.4) is 0 Å². The Kier molecular flexibility index (Phi) is 16.9. The largest absolute Gasteiger partial charge is 0.428 e. The maximum absolute atomic E-state index is 11.5. The minimum absolute atomic E-state index is 0.118. The van der Waals surface area contributed by atoms with Crippen LogP contribution >= 0.6 is 0 Å². The Labute approximate surface area is 167 Å². The van der Waals surface area contributed by atoms with Gasteiger partial charge in [0.05, 0.1) is 0 Å². The summed E-state index contributed by atoms with van der Waals surface area (Å²) in [4.78, 5) is 45.7. The number of ether oxygens (including phenoxy) is 4. The van der Waals surface area contributed by atoms with E-state index in [1.165, 1.54) is 0 Å². The van der Waals surface area contributed by atoms with E-state index in [1.807, 2.05) is 13.8 Å². The van der Waals surface area contributed by atoms with Crippen LogP contribution in [0.4, 0.5) is 0 Å². The van der Waals surface area contributed by atoms with Gasteiger partial charge >= 0.3 is 23.9 Å². The smallest absolute Gasteiger partial charge is 0.308 e. The summed E-state index contributed by atoms with van der Waals surface area (Å²) in [6, 6.07) is 0. The number of rotatable bonds is 17. The van der Waals surface area contributed by atoms with Crippen molar-refractivity contribution in [2.75, 3.05) is 13.6 Å². The highest BCUT2D eigenvalue weighted by atomic mass is 16.7. The van der Waals surface area contributed by atoms with Crippen LogP contribution in [0.1, 0.15) is 90.9 Å². The zero-order chi connectivity index (χ0) is 21.0. The molecule has 0 unspecified atom stereocenters. The zero-order valence-electron chi connectivity index (χ0n) is 17.2. The zero-order valence-corrected chi connectivity index (χ0v) is 17.2. The molecule has 0 saturated heterocycles. The first kappa shape index (κ1) is 25.9. The number of hydrogen-bond acceptors (Lipinski definition) is 8. The van der Waals surface area contributed by atoms with Crippen molar-refractivity contribution in [3.05, 3.63) is 0 Å². The molecule has 0 atom stereocenters. The maximum atomic E-state index is 11.5. The highest BCUT2D eigenvalue weighted by molar-refractivity contribution is 5.72. The van der Waals surface area contributed by atoms with Gasteiger partial charge in [0.1, 0.15) is 0 Å².